The number of hydrogen-bond donors (Lipinski definition) is 1. The number of nitrogens with one attached hydrogen (secondary N) is 1. The first-order valence-electron chi connectivity index (χ1n) is 16.6. The Kier molecular flexibility index (Phi) is 8.96. The van der Waals surface area contributed by atoms with E-state index in [0.717, 1.165) is 22.3 Å². The van der Waals surface area contributed by atoms with Crippen molar-refractivity contribution in [1.29, 1.82) is 0 Å². The van der Waals surface area contributed by atoms with Crippen LogP contribution in [0.4, 0.5) is 0 Å². The zero-order chi connectivity index (χ0) is 34.1. The zero-order valence-corrected chi connectivity index (χ0v) is 28.1. The molecule has 2 aliphatic heterocycles. The molecule has 1 aromatic heterocycles. The maximum atomic E-state index is 14.3. The van der Waals surface area contributed by atoms with E-state index >= 15 is 0 Å². The molecule has 0 saturated carbocycles. The molecular formula is C40H41N3O6. The molecule has 1 N–H and O–H groups in total. The van der Waals surface area contributed by atoms with Crippen LogP contribution in [0.25, 0.3) is 0 Å². The first kappa shape index (κ1) is 32.9. The summed E-state index contributed by atoms with van der Waals surface area (Å²) in [5.74, 6) is -1.99. The van der Waals surface area contributed by atoms with Crippen LogP contribution in [0.2, 0.25) is 0 Å². The fourth-order valence-electron chi connectivity index (χ4n) is 6.69. The number of carbonyl (C=O) groups excluding carboxylic acids is 1. The molecule has 0 spiro atoms. The second-order valence-electron chi connectivity index (χ2n) is 13.3. The van der Waals surface area contributed by atoms with Crippen LogP contribution in [0.5, 0.6) is 0 Å². The van der Waals surface area contributed by atoms with Crippen LogP contribution in [0, 0.1) is 0 Å². The molecule has 4 aromatic carbocycles. The molecule has 2 aliphatic rings. The van der Waals surface area contributed by atoms with Gasteiger partial charge in [0, 0.05) is 12.7 Å². The smallest absolute Gasteiger partial charge is 0.310 e. The lowest BCUT2D eigenvalue weighted by atomic mass is 9.80. The maximum absolute atomic E-state index is 14.3. The lowest BCUT2D eigenvalue weighted by molar-refractivity contribution is -0.174. The summed E-state index contributed by atoms with van der Waals surface area (Å²) in [5.41, 5.74) is 5.76. The van der Waals surface area contributed by atoms with Gasteiger partial charge in [-0.3, -0.25) is 9.63 Å². The predicted molar refractivity (Wildman–Crippen MR) is 183 cm³/mol. The number of nitrogens with zero attached hydrogens (tertiary/aromatic N) is 2. The van der Waals surface area contributed by atoms with E-state index in [1.165, 1.54) is 0 Å². The molecular weight excluding hydrogens is 618 g/mol. The quantitative estimate of drug-likeness (QED) is 0.128. The molecule has 252 valence electrons. The van der Waals surface area contributed by atoms with Crippen molar-refractivity contribution in [2.75, 3.05) is 6.61 Å². The van der Waals surface area contributed by atoms with Crippen LogP contribution >= 0.6 is 0 Å². The summed E-state index contributed by atoms with van der Waals surface area (Å²) in [6, 6.07) is 39.5. The summed E-state index contributed by atoms with van der Waals surface area (Å²) in [6.07, 6.45) is 0.347. The van der Waals surface area contributed by atoms with Crippen molar-refractivity contribution in [2.24, 2.45) is 0 Å². The van der Waals surface area contributed by atoms with Crippen molar-refractivity contribution in [1.82, 2.24) is 15.0 Å². The van der Waals surface area contributed by atoms with Crippen molar-refractivity contribution in [3.05, 3.63) is 161 Å². The lowest BCUT2D eigenvalue weighted by Crippen LogP contribution is -2.41. The van der Waals surface area contributed by atoms with E-state index in [4.69, 9.17) is 28.8 Å². The van der Waals surface area contributed by atoms with Gasteiger partial charge in [0.2, 0.25) is 5.82 Å². The number of hydroxylamine groups is 1. The number of hydrogen-bond acceptors (Lipinski definition) is 7. The van der Waals surface area contributed by atoms with Gasteiger partial charge in [-0.25, -0.2) is 10.5 Å². The van der Waals surface area contributed by atoms with E-state index in [1.54, 1.807) is 0 Å². The van der Waals surface area contributed by atoms with E-state index in [2.05, 4.69) is 5.48 Å². The Labute approximate surface area is 286 Å². The molecule has 9 heteroatoms. The number of imidazole rings is 1. The van der Waals surface area contributed by atoms with Crippen molar-refractivity contribution in [3.63, 3.8) is 0 Å². The molecule has 9 nitrogen and oxygen atoms in total. The molecule has 2 fully saturated rings. The highest BCUT2D eigenvalue weighted by Gasteiger charge is 2.51. The molecule has 3 atom stereocenters. The Morgan fingerprint density at radius 3 is 1.82 bits per heavy atom. The normalized spacial score (nSPS) is 21.4. The SMILES string of the molecule is CC1(C)O[C@H]([C@H]2COC(C)(C)O2)[C@@H](c2cn(Cc3ccccc3)c(C(=O)NOC(c3ccccc3)(c3ccccc3)c3ccccc3)n2)O1. The number of ether oxygens (including phenoxy) is 4. The van der Waals surface area contributed by atoms with E-state index in [1.807, 2.05) is 160 Å². The molecule has 0 aliphatic carbocycles. The minimum Gasteiger partial charge on any atom is -0.348 e. The third kappa shape index (κ3) is 6.81. The third-order valence-electron chi connectivity index (χ3n) is 8.85. The molecule has 3 heterocycles. The Morgan fingerprint density at radius 1 is 0.776 bits per heavy atom. The number of benzene rings is 4. The fourth-order valence-corrected chi connectivity index (χ4v) is 6.69. The number of carbonyl (C=O) groups is 1. The molecule has 0 bridgehead atoms. The van der Waals surface area contributed by atoms with Crippen LogP contribution in [-0.4, -0.2) is 45.8 Å². The van der Waals surface area contributed by atoms with Gasteiger partial charge in [0.05, 0.1) is 12.3 Å². The van der Waals surface area contributed by atoms with Gasteiger partial charge in [-0.05, 0) is 49.9 Å². The van der Waals surface area contributed by atoms with Crippen LogP contribution in [-0.2, 0) is 35.9 Å². The topological polar surface area (TPSA) is 93.1 Å². The summed E-state index contributed by atoms with van der Waals surface area (Å²) in [5, 5.41) is 0. The molecule has 2 saturated heterocycles. The van der Waals surface area contributed by atoms with Gasteiger partial charge >= 0.3 is 5.91 Å². The first-order valence-corrected chi connectivity index (χ1v) is 16.6. The van der Waals surface area contributed by atoms with Gasteiger partial charge < -0.3 is 23.5 Å². The van der Waals surface area contributed by atoms with Crippen LogP contribution in [0.15, 0.2) is 128 Å². The van der Waals surface area contributed by atoms with Crippen molar-refractivity contribution >= 4 is 5.91 Å². The second-order valence-corrected chi connectivity index (χ2v) is 13.3. The summed E-state index contributed by atoms with van der Waals surface area (Å²) in [7, 11) is 0. The van der Waals surface area contributed by atoms with E-state index < -0.39 is 35.3 Å². The maximum Gasteiger partial charge on any atom is 0.310 e. The molecule has 7 rings (SSSR count). The van der Waals surface area contributed by atoms with Crippen molar-refractivity contribution < 1.29 is 28.6 Å². The zero-order valence-electron chi connectivity index (χ0n) is 28.1. The summed E-state index contributed by atoms with van der Waals surface area (Å²) in [6.45, 7) is 8.22. The Hall–Kier alpha value is -4.64. The average molecular weight is 660 g/mol. The van der Waals surface area contributed by atoms with Gasteiger partial charge in [0.25, 0.3) is 0 Å². The van der Waals surface area contributed by atoms with Gasteiger partial charge in [-0.15, -0.1) is 0 Å². The minimum absolute atomic E-state index is 0.165. The number of amides is 1. The number of aromatic nitrogens is 2. The van der Waals surface area contributed by atoms with Gasteiger partial charge in [-0.1, -0.05) is 121 Å². The van der Waals surface area contributed by atoms with E-state index in [0.29, 0.717) is 18.8 Å². The molecule has 0 unspecified atom stereocenters. The van der Waals surface area contributed by atoms with Crippen LogP contribution in [0.3, 0.4) is 0 Å². The highest BCUT2D eigenvalue weighted by molar-refractivity contribution is 5.90. The largest absolute Gasteiger partial charge is 0.348 e. The summed E-state index contributed by atoms with van der Waals surface area (Å²) < 4.78 is 26.7. The van der Waals surface area contributed by atoms with Crippen LogP contribution < -0.4 is 5.48 Å². The van der Waals surface area contributed by atoms with Gasteiger partial charge in [-0.2, -0.15) is 0 Å². The molecule has 0 radical (unpaired) electrons. The standard InChI is InChI=1S/C40H41N3O6/c1-38(2)45-27-33(46-38)35-34(47-39(3,4)48-35)32-26-43(25-28-17-9-5-10-18-28)36(41-32)37(44)42-49-40(29-19-11-6-12-20-29,30-21-13-7-14-22-30)31-23-15-8-16-24-31/h5-24,26,33-35H,25,27H2,1-4H3,(H,42,44)/t33-,34-,35-/m1/s1. The molecule has 1 amide bonds. The highest BCUT2D eigenvalue weighted by atomic mass is 16.8. The molecule has 49 heavy (non-hydrogen) atoms. The molecule has 5 aromatic rings. The minimum atomic E-state index is -1.16. The first-order chi connectivity index (χ1) is 23.6. The third-order valence-corrected chi connectivity index (χ3v) is 8.85. The monoisotopic (exact) mass is 659 g/mol. The number of rotatable bonds is 10. The summed E-state index contributed by atoms with van der Waals surface area (Å²) >= 11 is 0. The van der Waals surface area contributed by atoms with E-state index in [9.17, 15) is 4.79 Å². The summed E-state index contributed by atoms with van der Waals surface area (Å²) in [4.78, 5) is 25.9. The Morgan fingerprint density at radius 2 is 1.31 bits per heavy atom. The van der Waals surface area contributed by atoms with Crippen molar-refractivity contribution in [2.45, 2.75) is 69.7 Å². The fraction of sp³-hybridized carbons (Fsp3) is 0.300. The Balaban J connectivity index is 1.26. The Bertz CT molecular complexity index is 1770. The van der Waals surface area contributed by atoms with Gasteiger partial charge in [0.1, 0.15) is 18.3 Å². The average Bonchev–Trinajstić information content (AvgIpc) is 3.80. The van der Waals surface area contributed by atoms with Gasteiger partial charge in [0.15, 0.2) is 17.2 Å². The second kappa shape index (κ2) is 13.3. The lowest BCUT2D eigenvalue weighted by Gasteiger charge is -2.34. The van der Waals surface area contributed by atoms with Crippen molar-refractivity contribution in [3.8, 4) is 0 Å². The van der Waals surface area contributed by atoms with E-state index in [-0.39, 0.29) is 11.9 Å². The van der Waals surface area contributed by atoms with Crippen LogP contribution in [0.1, 0.15) is 72.4 Å². The highest BCUT2D eigenvalue weighted by Crippen LogP contribution is 2.43. The predicted octanol–water partition coefficient (Wildman–Crippen LogP) is 6.93.